The van der Waals surface area contributed by atoms with Crippen molar-refractivity contribution in [3.63, 3.8) is 0 Å². The first-order chi connectivity index (χ1) is 5.79. The fourth-order valence-electron chi connectivity index (χ4n) is 1.27. The van der Waals surface area contributed by atoms with E-state index in [1.54, 1.807) is 4.90 Å². The number of carbonyl (C=O) groups excluding carboxylic acids is 1. The van der Waals surface area contributed by atoms with Crippen LogP contribution in [-0.4, -0.2) is 54.9 Å². The Labute approximate surface area is 71.1 Å². The second kappa shape index (κ2) is 4.39. The maximum atomic E-state index is 11.2. The van der Waals surface area contributed by atoms with E-state index in [-0.39, 0.29) is 25.2 Å². The highest BCUT2D eigenvalue weighted by atomic mass is 16.5. The molecule has 0 aromatic heterocycles. The molecule has 1 saturated heterocycles. The summed E-state index contributed by atoms with van der Waals surface area (Å²) in [6, 6.07) is -0.0709. The first-order valence-corrected chi connectivity index (χ1v) is 3.97. The molecular formula is C7H14N2O3. The van der Waals surface area contributed by atoms with Gasteiger partial charge in [-0.1, -0.05) is 0 Å². The summed E-state index contributed by atoms with van der Waals surface area (Å²) < 4.78 is 5.01. The topological polar surface area (TPSA) is 75.8 Å². The fraction of sp³-hybridized carbons (Fsp3) is 0.857. The van der Waals surface area contributed by atoms with Crippen molar-refractivity contribution in [3.05, 3.63) is 0 Å². The first-order valence-electron chi connectivity index (χ1n) is 3.97. The molecule has 1 aliphatic rings. The molecule has 12 heavy (non-hydrogen) atoms. The van der Waals surface area contributed by atoms with E-state index in [1.807, 2.05) is 0 Å². The number of aliphatic hydroxyl groups is 1. The van der Waals surface area contributed by atoms with E-state index in [0.717, 1.165) is 0 Å². The number of carbonyl (C=O) groups is 1. The maximum absolute atomic E-state index is 11.2. The summed E-state index contributed by atoms with van der Waals surface area (Å²) in [5.41, 5.74) is 5.43. The van der Waals surface area contributed by atoms with Crippen LogP contribution in [0.5, 0.6) is 0 Å². The summed E-state index contributed by atoms with van der Waals surface area (Å²) in [5, 5.41) is 8.67. The predicted octanol–water partition coefficient (Wildman–Crippen LogP) is -1.84. The largest absolute Gasteiger partial charge is 0.395 e. The first kappa shape index (κ1) is 9.44. The zero-order valence-electron chi connectivity index (χ0n) is 6.90. The number of ether oxygens (including phenoxy) is 1. The van der Waals surface area contributed by atoms with Crippen molar-refractivity contribution in [1.29, 1.82) is 0 Å². The molecule has 1 fully saturated rings. The molecule has 1 heterocycles. The average Bonchev–Trinajstić information content (AvgIpc) is 2.09. The predicted molar refractivity (Wildman–Crippen MR) is 42.5 cm³/mol. The lowest BCUT2D eigenvalue weighted by molar-refractivity contribution is -0.148. The molecule has 0 saturated carbocycles. The van der Waals surface area contributed by atoms with E-state index in [4.69, 9.17) is 15.6 Å². The summed E-state index contributed by atoms with van der Waals surface area (Å²) >= 11 is 0. The quantitative estimate of drug-likeness (QED) is 0.527. The third kappa shape index (κ3) is 1.94. The van der Waals surface area contributed by atoms with Gasteiger partial charge in [0.25, 0.3) is 0 Å². The number of nitrogens with two attached hydrogens (primary N) is 1. The molecule has 5 heteroatoms. The Morgan fingerprint density at radius 2 is 2.50 bits per heavy atom. The number of rotatable bonds is 3. The maximum Gasteiger partial charge on any atom is 0.249 e. The van der Waals surface area contributed by atoms with E-state index >= 15 is 0 Å². The molecule has 1 amide bonds. The summed E-state index contributed by atoms with van der Waals surface area (Å²) in [7, 11) is 0. The molecule has 5 nitrogen and oxygen atoms in total. The van der Waals surface area contributed by atoms with Crippen LogP contribution in [0.25, 0.3) is 0 Å². The molecule has 0 radical (unpaired) electrons. The number of amides is 1. The standard InChI is InChI=1S/C7H14N2O3/c8-3-6-4-12-5-7(11)9(6)1-2-10/h6,10H,1-5,8H2. The van der Waals surface area contributed by atoms with Crippen LogP contribution in [0.2, 0.25) is 0 Å². The third-order valence-corrected chi connectivity index (χ3v) is 1.91. The van der Waals surface area contributed by atoms with Crippen LogP contribution in [0, 0.1) is 0 Å². The molecular weight excluding hydrogens is 160 g/mol. The SMILES string of the molecule is NCC1COCC(=O)N1CCO. The van der Waals surface area contributed by atoms with E-state index in [2.05, 4.69) is 0 Å². The van der Waals surface area contributed by atoms with Gasteiger partial charge in [-0.15, -0.1) is 0 Å². The van der Waals surface area contributed by atoms with Crippen LogP contribution < -0.4 is 5.73 Å². The molecule has 0 aliphatic carbocycles. The van der Waals surface area contributed by atoms with Gasteiger partial charge in [-0.25, -0.2) is 0 Å². The Morgan fingerprint density at radius 1 is 1.75 bits per heavy atom. The van der Waals surface area contributed by atoms with Crippen LogP contribution in [-0.2, 0) is 9.53 Å². The van der Waals surface area contributed by atoms with Gasteiger partial charge in [0.1, 0.15) is 6.61 Å². The van der Waals surface area contributed by atoms with Crippen molar-refractivity contribution in [3.8, 4) is 0 Å². The van der Waals surface area contributed by atoms with Crippen molar-refractivity contribution < 1.29 is 14.6 Å². The summed E-state index contributed by atoms with van der Waals surface area (Å²) in [6.07, 6.45) is 0. The highest BCUT2D eigenvalue weighted by Crippen LogP contribution is 2.05. The zero-order chi connectivity index (χ0) is 8.97. The Balaban J connectivity index is 2.53. The van der Waals surface area contributed by atoms with Gasteiger partial charge < -0.3 is 20.5 Å². The number of nitrogens with zero attached hydrogens (tertiary/aromatic N) is 1. The van der Waals surface area contributed by atoms with Gasteiger partial charge >= 0.3 is 0 Å². The normalized spacial score (nSPS) is 24.7. The van der Waals surface area contributed by atoms with E-state index in [9.17, 15) is 4.79 Å². The lowest BCUT2D eigenvalue weighted by Crippen LogP contribution is -2.53. The van der Waals surface area contributed by atoms with Crippen LogP contribution in [0.1, 0.15) is 0 Å². The minimum atomic E-state index is -0.0919. The Morgan fingerprint density at radius 3 is 3.08 bits per heavy atom. The number of hydrogen-bond donors (Lipinski definition) is 2. The van der Waals surface area contributed by atoms with E-state index < -0.39 is 0 Å². The van der Waals surface area contributed by atoms with Gasteiger partial charge in [0.2, 0.25) is 5.91 Å². The van der Waals surface area contributed by atoms with Crippen LogP contribution in [0.4, 0.5) is 0 Å². The molecule has 1 unspecified atom stereocenters. The van der Waals surface area contributed by atoms with Crippen molar-refractivity contribution in [2.45, 2.75) is 6.04 Å². The average molecular weight is 174 g/mol. The molecule has 1 aliphatic heterocycles. The van der Waals surface area contributed by atoms with Crippen molar-refractivity contribution in [1.82, 2.24) is 4.90 Å². The fourth-order valence-corrected chi connectivity index (χ4v) is 1.27. The molecule has 0 spiro atoms. The van der Waals surface area contributed by atoms with Crippen molar-refractivity contribution in [2.24, 2.45) is 5.73 Å². The van der Waals surface area contributed by atoms with Crippen molar-refractivity contribution >= 4 is 5.91 Å². The molecule has 1 rings (SSSR count). The lowest BCUT2D eigenvalue weighted by Gasteiger charge is -2.34. The Kier molecular flexibility index (Phi) is 3.46. The Bertz CT molecular complexity index is 163. The van der Waals surface area contributed by atoms with E-state index in [1.165, 1.54) is 0 Å². The second-order valence-electron chi connectivity index (χ2n) is 2.72. The summed E-state index contributed by atoms with van der Waals surface area (Å²) in [6.45, 7) is 1.29. The van der Waals surface area contributed by atoms with Gasteiger partial charge in [-0.3, -0.25) is 4.79 Å². The van der Waals surface area contributed by atoms with Crippen LogP contribution in [0.15, 0.2) is 0 Å². The highest BCUT2D eigenvalue weighted by Gasteiger charge is 2.26. The molecule has 0 bridgehead atoms. The zero-order valence-corrected chi connectivity index (χ0v) is 6.90. The van der Waals surface area contributed by atoms with Gasteiger partial charge in [0, 0.05) is 13.1 Å². The number of β-amino-alcohol motifs (C(OH)–C–C–N with tert-alkyl or cyclic N) is 1. The van der Waals surface area contributed by atoms with Gasteiger partial charge in [0.05, 0.1) is 19.3 Å². The van der Waals surface area contributed by atoms with Gasteiger partial charge in [-0.2, -0.15) is 0 Å². The minimum Gasteiger partial charge on any atom is -0.395 e. The monoisotopic (exact) mass is 174 g/mol. The molecule has 70 valence electrons. The number of hydrogen-bond acceptors (Lipinski definition) is 4. The van der Waals surface area contributed by atoms with Crippen LogP contribution in [0.3, 0.4) is 0 Å². The van der Waals surface area contributed by atoms with Crippen LogP contribution >= 0.6 is 0 Å². The van der Waals surface area contributed by atoms with Gasteiger partial charge in [0.15, 0.2) is 0 Å². The van der Waals surface area contributed by atoms with E-state index in [0.29, 0.717) is 19.7 Å². The molecule has 0 aromatic carbocycles. The van der Waals surface area contributed by atoms with Crippen molar-refractivity contribution in [2.75, 3.05) is 32.9 Å². The summed E-state index contributed by atoms with van der Waals surface area (Å²) in [4.78, 5) is 12.8. The third-order valence-electron chi connectivity index (χ3n) is 1.91. The number of morpholine rings is 1. The van der Waals surface area contributed by atoms with Gasteiger partial charge in [-0.05, 0) is 0 Å². The smallest absolute Gasteiger partial charge is 0.249 e. The minimum absolute atomic E-state index is 0.0256. The Hall–Kier alpha value is -0.650. The molecule has 0 aromatic rings. The lowest BCUT2D eigenvalue weighted by atomic mass is 10.2. The number of aliphatic hydroxyl groups excluding tert-OH is 1. The highest BCUT2D eigenvalue weighted by molar-refractivity contribution is 5.78. The molecule has 1 atom stereocenters. The summed E-state index contributed by atoms with van der Waals surface area (Å²) in [5.74, 6) is -0.0919. The second-order valence-corrected chi connectivity index (χ2v) is 2.72. The molecule has 3 N–H and O–H groups in total.